The van der Waals surface area contributed by atoms with E-state index >= 15 is 0 Å². The summed E-state index contributed by atoms with van der Waals surface area (Å²) in [5, 5.41) is 3.49. The van der Waals surface area contributed by atoms with Crippen molar-refractivity contribution in [1.29, 1.82) is 0 Å². The van der Waals surface area contributed by atoms with Crippen LogP contribution in [0.4, 0.5) is 5.69 Å². The molecule has 136 valence electrons. The van der Waals surface area contributed by atoms with Crippen LogP contribution in [0.5, 0.6) is 0 Å². The number of hydrogen-bond acceptors (Lipinski definition) is 2. The van der Waals surface area contributed by atoms with Gasteiger partial charge in [0.25, 0.3) is 5.01 Å². The Kier molecular flexibility index (Phi) is 7.01. The van der Waals surface area contributed by atoms with Gasteiger partial charge in [-0.15, -0.1) is 0 Å². The van der Waals surface area contributed by atoms with Gasteiger partial charge in [0.2, 0.25) is 5.69 Å². The highest BCUT2D eigenvalue weighted by molar-refractivity contribution is 7.10. The summed E-state index contributed by atoms with van der Waals surface area (Å²) in [6, 6.07) is 15.2. The van der Waals surface area contributed by atoms with Crippen molar-refractivity contribution in [2.75, 3.05) is 19.0 Å². The number of benzene rings is 2. The molecule has 0 fully saturated rings. The maximum atomic E-state index is 2.27. The Balaban J connectivity index is 0.00000243. The summed E-state index contributed by atoms with van der Waals surface area (Å²) < 4.78 is 2.27. The van der Waals surface area contributed by atoms with Crippen molar-refractivity contribution >= 4 is 29.2 Å². The fourth-order valence-corrected chi connectivity index (χ4v) is 3.77. The normalized spacial score (nSPS) is 10.8. The molecule has 3 rings (SSSR count). The number of anilines is 1. The molecule has 1 heterocycles. The molecule has 0 aliphatic carbocycles. The topological polar surface area (TPSA) is 7.12 Å². The highest BCUT2D eigenvalue weighted by Crippen LogP contribution is 2.25. The van der Waals surface area contributed by atoms with Crippen molar-refractivity contribution in [1.82, 2.24) is 0 Å². The molecule has 0 amide bonds. The number of rotatable bonds is 4. The van der Waals surface area contributed by atoms with E-state index in [1.807, 2.05) is 0 Å². The van der Waals surface area contributed by atoms with Gasteiger partial charge in [0, 0.05) is 25.9 Å². The van der Waals surface area contributed by atoms with Crippen LogP contribution in [0.1, 0.15) is 21.7 Å². The summed E-state index contributed by atoms with van der Waals surface area (Å²) in [6.07, 6.45) is 4.38. The van der Waals surface area contributed by atoms with E-state index in [1.165, 1.54) is 38.6 Å². The molecule has 0 bridgehead atoms. The summed E-state index contributed by atoms with van der Waals surface area (Å²) in [5.74, 6) is 0. The van der Waals surface area contributed by atoms with Gasteiger partial charge in [0.05, 0.1) is 10.9 Å². The third kappa shape index (κ3) is 4.54. The predicted octanol–water partition coefficient (Wildman–Crippen LogP) is 2.10. The first-order chi connectivity index (χ1) is 12.0. The summed E-state index contributed by atoms with van der Waals surface area (Å²) in [6.45, 7) is 4.32. The van der Waals surface area contributed by atoms with Crippen LogP contribution in [0.3, 0.4) is 0 Å². The van der Waals surface area contributed by atoms with E-state index in [0.29, 0.717) is 0 Å². The zero-order chi connectivity index (χ0) is 18.0. The van der Waals surface area contributed by atoms with Crippen molar-refractivity contribution in [3.63, 3.8) is 0 Å². The maximum absolute atomic E-state index is 2.27. The minimum Gasteiger partial charge on any atom is -1.00 e. The molecule has 0 spiro atoms. The van der Waals surface area contributed by atoms with Gasteiger partial charge in [-0.3, -0.25) is 0 Å². The maximum Gasteiger partial charge on any atom is 0.261 e. The van der Waals surface area contributed by atoms with Gasteiger partial charge < -0.3 is 28.9 Å². The molecule has 26 heavy (non-hydrogen) atoms. The van der Waals surface area contributed by atoms with Gasteiger partial charge in [-0.1, -0.05) is 41.2 Å². The van der Waals surface area contributed by atoms with Gasteiger partial charge in [-0.25, -0.2) is 0 Å². The van der Waals surface area contributed by atoms with Crippen LogP contribution in [-0.4, -0.2) is 14.1 Å². The highest BCUT2D eigenvalue weighted by atomic mass is 127. The largest absolute Gasteiger partial charge is 1.00 e. The third-order valence-electron chi connectivity index (χ3n) is 4.48. The van der Waals surface area contributed by atoms with Gasteiger partial charge in [0.15, 0.2) is 0 Å². The van der Waals surface area contributed by atoms with E-state index < -0.39 is 0 Å². The molecular weight excluding hydrogens is 451 g/mol. The molecule has 0 atom stereocenters. The monoisotopic (exact) mass is 476 g/mol. The SMILES string of the molecule is Cc1ccc(C)c(-c2csc(/C=C/c3ccc(N(C)C)cc3)[n+]2C)c1.[I-]. The second kappa shape index (κ2) is 8.82. The standard InChI is InChI=1S/C22H25N2S.HI/c1-16-6-7-17(2)20(14-16)21-15-25-22(24(21)5)13-10-18-8-11-19(12-9-18)23(3)4;/h6-15H,1-5H3;1H/q+1;/p-1. The number of halogens is 1. The summed E-state index contributed by atoms with van der Waals surface area (Å²) in [7, 11) is 6.26. The predicted molar refractivity (Wildman–Crippen MR) is 110 cm³/mol. The van der Waals surface area contributed by atoms with Crippen LogP contribution in [0.25, 0.3) is 23.4 Å². The Bertz CT molecular complexity index is 908. The van der Waals surface area contributed by atoms with Gasteiger partial charge >= 0.3 is 0 Å². The lowest BCUT2D eigenvalue weighted by atomic mass is 10.0. The molecule has 0 unspecified atom stereocenters. The zero-order valence-corrected chi connectivity index (χ0v) is 18.9. The molecule has 2 nitrogen and oxygen atoms in total. The van der Waals surface area contributed by atoms with E-state index in [1.54, 1.807) is 11.3 Å². The molecule has 0 N–H and O–H groups in total. The number of hydrogen-bond donors (Lipinski definition) is 0. The average Bonchev–Trinajstić information content (AvgIpc) is 2.96. The third-order valence-corrected chi connectivity index (χ3v) is 5.47. The van der Waals surface area contributed by atoms with E-state index in [4.69, 9.17) is 0 Å². The smallest absolute Gasteiger partial charge is 0.261 e. The van der Waals surface area contributed by atoms with Gasteiger partial charge in [0.1, 0.15) is 7.05 Å². The molecule has 0 aliphatic rings. The number of thiazole rings is 1. The Morgan fingerprint density at radius 2 is 1.65 bits per heavy atom. The van der Waals surface area contributed by atoms with Gasteiger partial charge in [-0.05, 0) is 49.2 Å². The molecule has 3 aromatic rings. The number of aryl methyl sites for hydroxylation is 2. The molecule has 4 heteroatoms. The Morgan fingerprint density at radius 1 is 0.962 bits per heavy atom. The van der Waals surface area contributed by atoms with Crippen LogP contribution in [0.2, 0.25) is 0 Å². The first-order valence-corrected chi connectivity index (χ1v) is 9.34. The lowest BCUT2D eigenvalue weighted by Crippen LogP contribution is -3.00. The van der Waals surface area contributed by atoms with Crippen LogP contribution in [0, 0.1) is 13.8 Å². The van der Waals surface area contributed by atoms with E-state index in [2.05, 4.69) is 104 Å². The van der Waals surface area contributed by atoms with Crippen LogP contribution < -0.4 is 33.4 Å². The minimum absolute atomic E-state index is 0. The molecular formula is C22H25IN2S. The lowest BCUT2D eigenvalue weighted by molar-refractivity contribution is -0.657. The first-order valence-electron chi connectivity index (χ1n) is 8.46. The van der Waals surface area contributed by atoms with E-state index in [0.717, 1.165) is 0 Å². The Labute approximate surface area is 177 Å². The van der Waals surface area contributed by atoms with Gasteiger partial charge in [-0.2, -0.15) is 4.57 Å². The van der Waals surface area contributed by atoms with E-state index in [-0.39, 0.29) is 24.0 Å². The summed E-state index contributed by atoms with van der Waals surface area (Å²) in [4.78, 5) is 2.11. The Morgan fingerprint density at radius 3 is 2.31 bits per heavy atom. The van der Waals surface area contributed by atoms with Crippen LogP contribution in [-0.2, 0) is 7.05 Å². The molecule has 0 aliphatic heterocycles. The molecule has 0 radical (unpaired) electrons. The average molecular weight is 476 g/mol. The second-order valence-electron chi connectivity index (χ2n) is 6.66. The summed E-state index contributed by atoms with van der Waals surface area (Å²) in [5.41, 5.74) is 7.63. The quantitative estimate of drug-likeness (QED) is 0.414. The van der Waals surface area contributed by atoms with Crippen molar-refractivity contribution in [2.24, 2.45) is 7.05 Å². The van der Waals surface area contributed by atoms with Crippen molar-refractivity contribution in [2.45, 2.75) is 13.8 Å². The van der Waals surface area contributed by atoms with E-state index in [9.17, 15) is 0 Å². The first kappa shape index (κ1) is 20.6. The van der Waals surface area contributed by atoms with Crippen LogP contribution in [0.15, 0.2) is 47.8 Å². The minimum atomic E-state index is 0. The molecule has 1 aromatic heterocycles. The molecule has 2 aromatic carbocycles. The lowest BCUT2D eigenvalue weighted by Gasteiger charge is -2.11. The van der Waals surface area contributed by atoms with Crippen molar-refractivity contribution in [3.05, 3.63) is 69.5 Å². The Hall–Kier alpha value is -1.66. The van der Waals surface area contributed by atoms with Crippen LogP contribution >= 0.6 is 11.3 Å². The zero-order valence-electron chi connectivity index (χ0n) is 16.0. The molecule has 0 saturated carbocycles. The summed E-state index contributed by atoms with van der Waals surface area (Å²) >= 11 is 1.78. The fraction of sp³-hybridized carbons (Fsp3) is 0.227. The van der Waals surface area contributed by atoms with Crippen molar-refractivity contribution in [3.8, 4) is 11.3 Å². The number of aromatic nitrogens is 1. The van der Waals surface area contributed by atoms with Crippen molar-refractivity contribution < 1.29 is 28.5 Å². The fourth-order valence-electron chi connectivity index (χ4n) is 2.85. The highest BCUT2D eigenvalue weighted by Gasteiger charge is 2.17. The number of nitrogens with zero attached hydrogens (tertiary/aromatic N) is 2. The second-order valence-corrected chi connectivity index (χ2v) is 7.55. The molecule has 0 saturated heterocycles.